The molecular formula is C11H17NO3S3. The molecule has 4 nitrogen and oxygen atoms in total. The lowest BCUT2D eigenvalue weighted by atomic mass is 10.0. The van der Waals surface area contributed by atoms with Gasteiger partial charge in [-0.1, -0.05) is 0 Å². The molecule has 0 aromatic carbocycles. The highest BCUT2D eigenvalue weighted by Gasteiger charge is 2.20. The van der Waals surface area contributed by atoms with E-state index in [2.05, 4.69) is 4.72 Å². The van der Waals surface area contributed by atoms with Gasteiger partial charge in [0.2, 0.25) is 10.0 Å². The molecule has 0 saturated carbocycles. The topological polar surface area (TPSA) is 66.4 Å². The predicted molar refractivity (Wildman–Crippen MR) is 75.5 cm³/mol. The van der Waals surface area contributed by atoms with Crippen LogP contribution in [0.5, 0.6) is 0 Å². The predicted octanol–water partition coefficient (Wildman–Crippen LogP) is 1.66. The van der Waals surface area contributed by atoms with E-state index in [-0.39, 0.29) is 10.8 Å². The number of rotatable bonds is 5. The summed E-state index contributed by atoms with van der Waals surface area (Å²) in [5.74, 6) is 2.71. The standard InChI is InChI=1S/C11H17NO3S3/c13-8-10-1-2-11(17-10)18(14,15)12-7-9-3-5-16-6-4-9/h1-2,9,12-13H,3-8H2. The van der Waals surface area contributed by atoms with E-state index in [4.69, 9.17) is 5.11 Å². The van der Waals surface area contributed by atoms with Gasteiger partial charge in [0.15, 0.2) is 0 Å². The van der Waals surface area contributed by atoms with Crippen LogP contribution in [0.1, 0.15) is 17.7 Å². The minimum absolute atomic E-state index is 0.111. The number of hydrogen-bond donors (Lipinski definition) is 2. The number of nitrogens with one attached hydrogen (secondary N) is 1. The summed E-state index contributed by atoms with van der Waals surface area (Å²) in [6.45, 7) is 0.412. The van der Waals surface area contributed by atoms with Gasteiger partial charge in [0.25, 0.3) is 0 Å². The zero-order chi connectivity index (χ0) is 13.0. The van der Waals surface area contributed by atoms with Gasteiger partial charge < -0.3 is 5.11 Å². The molecule has 1 saturated heterocycles. The summed E-state index contributed by atoms with van der Waals surface area (Å²) in [6.07, 6.45) is 2.17. The third kappa shape index (κ3) is 3.71. The summed E-state index contributed by atoms with van der Waals surface area (Å²) >= 11 is 3.05. The van der Waals surface area contributed by atoms with Crippen LogP contribution in [0, 0.1) is 5.92 Å². The van der Waals surface area contributed by atoms with Gasteiger partial charge >= 0.3 is 0 Å². The lowest BCUT2D eigenvalue weighted by Gasteiger charge is -2.21. The number of thioether (sulfide) groups is 1. The Hall–Kier alpha value is -0.0800. The first kappa shape index (κ1) is 14.3. The van der Waals surface area contributed by atoms with E-state index in [1.54, 1.807) is 12.1 Å². The summed E-state index contributed by atoms with van der Waals surface area (Å²) in [4.78, 5) is 0.671. The van der Waals surface area contributed by atoms with E-state index in [1.807, 2.05) is 11.8 Å². The summed E-state index contributed by atoms with van der Waals surface area (Å²) in [5, 5.41) is 8.94. The van der Waals surface area contributed by atoms with Gasteiger partial charge in [0.1, 0.15) is 4.21 Å². The van der Waals surface area contributed by atoms with Crippen molar-refractivity contribution in [2.45, 2.75) is 23.7 Å². The zero-order valence-corrected chi connectivity index (χ0v) is 12.4. The molecule has 1 aliphatic rings. The van der Waals surface area contributed by atoms with Gasteiger partial charge in [-0.3, -0.25) is 0 Å². The summed E-state index contributed by atoms with van der Waals surface area (Å²) in [7, 11) is -3.40. The molecule has 1 aliphatic heterocycles. The van der Waals surface area contributed by atoms with E-state index in [0.717, 1.165) is 35.7 Å². The number of thiophene rings is 1. The van der Waals surface area contributed by atoms with Crippen LogP contribution < -0.4 is 4.72 Å². The highest BCUT2D eigenvalue weighted by molar-refractivity contribution is 7.99. The van der Waals surface area contributed by atoms with E-state index in [0.29, 0.717) is 17.3 Å². The van der Waals surface area contributed by atoms with Gasteiger partial charge in [0.05, 0.1) is 6.61 Å². The van der Waals surface area contributed by atoms with Crippen LogP contribution in [0.15, 0.2) is 16.3 Å². The Morgan fingerprint density at radius 2 is 2.06 bits per heavy atom. The number of aliphatic hydroxyl groups excluding tert-OH is 1. The average Bonchev–Trinajstić information content (AvgIpc) is 2.87. The maximum atomic E-state index is 12.0. The first-order chi connectivity index (χ1) is 8.62. The van der Waals surface area contributed by atoms with Crippen LogP contribution in [-0.2, 0) is 16.6 Å². The van der Waals surface area contributed by atoms with E-state index in [1.165, 1.54) is 0 Å². The molecule has 0 atom stereocenters. The molecule has 0 unspecified atom stereocenters. The number of aliphatic hydroxyl groups is 1. The molecule has 0 aliphatic carbocycles. The minimum atomic E-state index is -3.40. The smallest absolute Gasteiger partial charge is 0.250 e. The van der Waals surface area contributed by atoms with Crippen molar-refractivity contribution in [2.24, 2.45) is 5.92 Å². The fraction of sp³-hybridized carbons (Fsp3) is 0.636. The van der Waals surface area contributed by atoms with E-state index < -0.39 is 10.0 Å². The second-order valence-electron chi connectivity index (χ2n) is 4.29. The van der Waals surface area contributed by atoms with Crippen molar-refractivity contribution in [2.75, 3.05) is 18.1 Å². The van der Waals surface area contributed by atoms with Gasteiger partial charge in [-0.05, 0) is 42.4 Å². The third-order valence-corrected chi connectivity index (χ3v) is 6.99. The second-order valence-corrected chi connectivity index (χ2v) is 8.67. The van der Waals surface area contributed by atoms with Crippen molar-refractivity contribution in [3.63, 3.8) is 0 Å². The molecule has 0 radical (unpaired) electrons. The van der Waals surface area contributed by atoms with Crippen molar-refractivity contribution in [3.05, 3.63) is 17.0 Å². The maximum absolute atomic E-state index is 12.0. The molecular weight excluding hydrogens is 290 g/mol. The Morgan fingerprint density at radius 3 is 2.67 bits per heavy atom. The zero-order valence-electron chi connectivity index (χ0n) is 9.96. The fourth-order valence-electron chi connectivity index (χ4n) is 1.84. The maximum Gasteiger partial charge on any atom is 0.250 e. The molecule has 1 fully saturated rings. The molecule has 18 heavy (non-hydrogen) atoms. The fourth-order valence-corrected chi connectivity index (χ4v) is 5.42. The van der Waals surface area contributed by atoms with E-state index in [9.17, 15) is 8.42 Å². The van der Waals surface area contributed by atoms with Crippen LogP contribution in [-0.4, -0.2) is 31.6 Å². The van der Waals surface area contributed by atoms with Crippen molar-refractivity contribution >= 4 is 33.1 Å². The average molecular weight is 307 g/mol. The van der Waals surface area contributed by atoms with E-state index >= 15 is 0 Å². The SMILES string of the molecule is O=S(=O)(NCC1CCSCC1)c1ccc(CO)s1. The number of sulfonamides is 1. The Balaban J connectivity index is 1.94. The Morgan fingerprint density at radius 1 is 1.33 bits per heavy atom. The van der Waals surface area contributed by atoms with Crippen LogP contribution in [0.2, 0.25) is 0 Å². The Labute approximate surface area is 116 Å². The minimum Gasteiger partial charge on any atom is -0.391 e. The van der Waals surface area contributed by atoms with Crippen molar-refractivity contribution < 1.29 is 13.5 Å². The van der Waals surface area contributed by atoms with Gasteiger partial charge in [-0.25, -0.2) is 13.1 Å². The monoisotopic (exact) mass is 307 g/mol. The van der Waals surface area contributed by atoms with Crippen LogP contribution in [0.25, 0.3) is 0 Å². The highest BCUT2D eigenvalue weighted by atomic mass is 32.2. The summed E-state index contributed by atoms with van der Waals surface area (Å²) < 4.78 is 27.0. The van der Waals surface area contributed by atoms with Crippen molar-refractivity contribution in [3.8, 4) is 0 Å². The molecule has 1 aromatic heterocycles. The number of hydrogen-bond acceptors (Lipinski definition) is 5. The third-order valence-electron chi connectivity index (χ3n) is 2.96. The normalized spacial score (nSPS) is 18.1. The summed E-state index contributed by atoms with van der Waals surface area (Å²) in [6, 6.07) is 3.20. The van der Waals surface area contributed by atoms with Crippen LogP contribution in [0.3, 0.4) is 0 Å². The first-order valence-corrected chi connectivity index (χ1v) is 9.34. The van der Waals surface area contributed by atoms with Gasteiger partial charge in [-0.2, -0.15) is 11.8 Å². The summed E-state index contributed by atoms with van der Waals surface area (Å²) in [5.41, 5.74) is 0. The molecule has 2 N–H and O–H groups in total. The molecule has 1 aromatic rings. The Kier molecular flexibility index (Phi) is 5.08. The largest absolute Gasteiger partial charge is 0.391 e. The molecule has 0 bridgehead atoms. The molecule has 2 rings (SSSR count). The molecule has 0 spiro atoms. The lowest BCUT2D eigenvalue weighted by Crippen LogP contribution is -2.30. The van der Waals surface area contributed by atoms with Gasteiger partial charge in [-0.15, -0.1) is 11.3 Å². The molecule has 102 valence electrons. The quantitative estimate of drug-likeness (QED) is 0.868. The van der Waals surface area contributed by atoms with Crippen LogP contribution in [0.4, 0.5) is 0 Å². The molecule has 2 heterocycles. The molecule has 7 heteroatoms. The second kappa shape index (κ2) is 6.38. The Bertz CT molecular complexity index is 477. The van der Waals surface area contributed by atoms with Crippen molar-refractivity contribution in [1.82, 2.24) is 4.72 Å². The van der Waals surface area contributed by atoms with Gasteiger partial charge in [0, 0.05) is 11.4 Å². The van der Waals surface area contributed by atoms with Crippen LogP contribution >= 0.6 is 23.1 Å². The lowest BCUT2D eigenvalue weighted by molar-refractivity contribution is 0.285. The first-order valence-electron chi connectivity index (χ1n) is 5.89. The van der Waals surface area contributed by atoms with Crippen molar-refractivity contribution in [1.29, 1.82) is 0 Å². The molecule has 0 amide bonds. The highest BCUT2D eigenvalue weighted by Crippen LogP contribution is 2.24.